The number of amides is 2. The van der Waals surface area contributed by atoms with Crippen LogP contribution in [0.1, 0.15) is 64.6 Å². The fourth-order valence-corrected chi connectivity index (χ4v) is 16.2. The van der Waals surface area contributed by atoms with Gasteiger partial charge < -0.3 is 0 Å². The van der Waals surface area contributed by atoms with Gasteiger partial charge in [-0.15, -0.1) is 0 Å². The molecule has 0 unspecified atom stereocenters. The van der Waals surface area contributed by atoms with Crippen LogP contribution >= 0.6 is 29.9 Å². The van der Waals surface area contributed by atoms with Crippen LogP contribution in [0.4, 0.5) is 0 Å². The van der Waals surface area contributed by atoms with Crippen LogP contribution in [0, 0.1) is 10.3 Å². The standard InChI is InChI=1S/C52H46NO3PS2.Os/c1-6-17-37-33-56-34-38(37)31-45(36(5)57(39-19-11-8-12-20-39,40-21-13-9-14-22-40)41-23-15-10-16-24-41)48-30-29-47(59-48)44-27-26-43(46-28-25-42(58-46)18-7-2)49-50(44)52(55)53(51(49)54)32-35(3)4;/h7-31,35H,6,32-34H2,1-4H3;/q+1;/b18-7+,37-17?,38-31?,45-36?;. The van der Waals surface area contributed by atoms with Crippen LogP contribution in [-0.2, 0) is 22.7 Å². The molecule has 1 fully saturated rings. The van der Waals surface area contributed by atoms with Crippen LogP contribution in [0.15, 0.2) is 162 Å². The van der Waals surface area contributed by atoms with Crippen molar-refractivity contribution < 1.29 is 32.3 Å². The van der Waals surface area contributed by atoms with Gasteiger partial charge in [0.25, 0.3) is 0 Å². The number of nitrogens with zero attached hydrogens (tertiary/aromatic N) is 1. The number of carbonyl (C=O) groups is 2. The van der Waals surface area contributed by atoms with Crippen molar-refractivity contribution >= 4 is 69.3 Å². The molecule has 8 heteroatoms. The van der Waals surface area contributed by atoms with Gasteiger partial charge in [-0.2, -0.15) is 0 Å². The second-order valence-corrected chi connectivity index (χ2v) is 21.4. The van der Waals surface area contributed by atoms with E-state index in [-0.39, 0.29) is 17.7 Å². The van der Waals surface area contributed by atoms with Crippen molar-refractivity contribution in [1.29, 1.82) is 0 Å². The van der Waals surface area contributed by atoms with Gasteiger partial charge in [0.05, 0.1) is 0 Å². The zero-order valence-corrected chi connectivity index (χ0v) is 39.2. The van der Waals surface area contributed by atoms with Gasteiger partial charge in [-0.05, 0) is 19.1 Å². The van der Waals surface area contributed by atoms with Gasteiger partial charge in [-0.1, -0.05) is 19.9 Å². The molecule has 2 aliphatic rings. The normalized spacial score (nSPS) is 16.1. The molecular weight excluding hydrogens is 972 g/mol. The summed E-state index contributed by atoms with van der Waals surface area (Å²) in [6.07, 6.45) is 9.61. The molecule has 0 bridgehead atoms. The molecule has 1 saturated heterocycles. The summed E-state index contributed by atoms with van der Waals surface area (Å²) in [6, 6.07) is 45.3. The summed E-state index contributed by atoms with van der Waals surface area (Å²) >= 11 is 5.07. The van der Waals surface area contributed by atoms with Crippen molar-refractivity contribution in [1.82, 2.24) is 4.90 Å². The van der Waals surface area contributed by atoms with E-state index in [2.05, 4.69) is 145 Å². The van der Waals surface area contributed by atoms with Crippen molar-refractivity contribution in [3.05, 3.63) is 183 Å². The summed E-state index contributed by atoms with van der Waals surface area (Å²) in [6.45, 7) is 9.72. The second kappa shape index (κ2) is 18.4. The van der Waals surface area contributed by atoms with E-state index in [9.17, 15) is 9.59 Å². The average molecular weight is 1020 g/mol. The Morgan fingerprint density at radius 3 is 1.80 bits per heavy atom. The van der Waals surface area contributed by atoms with Crippen molar-refractivity contribution in [2.45, 2.75) is 34.1 Å². The number of fused-ring (bicyclic) bond motifs is 1. The molecule has 4 aromatic carbocycles. The van der Waals surface area contributed by atoms with E-state index in [1.165, 1.54) is 26.4 Å². The molecule has 8 rings (SSSR count). The van der Waals surface area contributed by atoms with Gasteiger partial charge >= 0.3 is 331 Å². The van der Waals surface area contributed by atoms with E-state index in [0.717, 1.165) is 53.5 Å². The monoisotopic (exact) mass is 1020 g/mol. The third kappa shape index (κ3) is 7.81. The Bertz CT molecular complexity index is 2640. The van der Waals surface area contributed by atoms with E-state index >= 15 is 0 Å². The quantitative estimate of drug-likeness (QED) is 0.0906. The summed E-state index contributed by atoms with van der Waals surface area (Å²) in [4.78, 5) is 34.4. The number of hydrogen-bond acceptors (Lipinski definition) is 5. The Kier molecular flexibility index (Phi) is 12.9. The second-order valence-electron chi connectivity index (χ2n) is 15.2. The third-order valence-corrected chi connectivity index (χ3v) is 18.4. The SMILES string of the molecule is C/C=C/c1ccc(-c2ccc(-c3ccc(C(C=C4COCC4=CCC)=C([C]#[Os])[P+](c4ccccc4)(c4ccccc4)c4ccccc4)s3)c3c2C(=O)N(CC(C)C)C3=O)s1. The zero-order chi connectivity index (χ0) is 41.8. The van der Waals surface area contributed by atoms with Crippen LogP contribution < -0.4 is 15.9 Å². The van der Waals surface area contributed by atoms with Crippen molar-refractivity contribution in [2.75, 3.05) is 19.8 Å². The molecule has 0 atom stereocenters. The average Bonchev–Trinajstić information content (AvgIpc) is 4.10. The molecule has 2 amide bonds. The first kappa shape index (κ1) is 41.9. The molecule has 0 saturated carbocycles. The van der Waals surface area contributed by atoms with Crippen LogP contribution in [0.5, 0.6) is 0 Å². The van der Waals surface area contributed by atoms with E-state index in [1.807, 2.05) is 39.0 Å². The van der Waals surface area contributed by atoms with Crippen LogP contribution in [0.3, 0.4) is 0 Å². The molecule has 0 aliphatic carbocycles. The Balaban J connectivity index is 1.40. The molecule has 0 N–H and O–H groups in total. The number of benzene rings is 4. The fraction of sp³-hybridized carbons (Fsp3) is 0.173. The zero-order valence-electron chi connectivity index (χ0n) is 34.1. The van der Waals surface area contributed by atoms with Crippen LogP contribution in [0.2, 0.25) is 0 Å². The Morgan fingerprint density at radius 2 is 1.28 bits per heavy atom. The minimum absolute atomic E-state index is 0.130. The molecule has 2 aromatic heterocycles. The fourth-order valence-electron chi connectivity index (χ4n) is 8.26. The molecule has 301 valence electrons. The number of ether oxygens (including phenoxy) is 1. The number of rotatable bonds is 12. The van der Waals surface area contributed by atoms with E-state index < -0.39 is 7.26 Å². The number of imide groups is 1. The molecule has 6 aromatic rings. The van der Waals surface area contributed by atoms with Crippen molar-refractivity contribution in [3.8, 4) is 25.3 Å². The first-order valence-electron chi connectivity index (χ1n) is 20.3. The molecule has 4 heterocycles. The Morgan fingerprint density at radius 1 is 0.750 bits per heavy atom. The molecule has 4 nitrogen and oxygen atoms in total. The van der Waals surface area contributed by atoms with Gasteiger partial charge in [-0.25, -0.2) is 0 Å². The number of thiophene rings is 2. The van der Waals surface area contributed by atoms with Gasteiger partial charge in [0, 0.05) is 4.88 Å². The third-order valence-electron chi connectivity index (χ3n) is 10.8. The van der Waals surface area contributed by atoms with E-state index in [0.29, 0.717) is 30.9 Å². The molecule has 0 spiro atoms. The molecule has 2 aliphatic heterocycles. The number of carbonyl (C=O) groups excluding carboxylic acids is 2. The molecule has 60 heavy (non-hydrogen) atoms. The number of hydrogen-bond donors (Lipinski definition) is 0. The van der Waals surface area contributed by atoms with Crippen molar-refractivity contribution in [3.63, 3.8) is 0 Å². The summed E-state index contributed by atoms with van der Waals surface area (Å²) in [7, 11) is -2.57. The van der Waals surface area contributed by atoms with Crippen LogP contribution in [-0.4, -0.2) is 36.5 Å². The minimum atomic E-state index is -2.57. The predicted octanol–water partition coefficient (Wildman–Crippen LogP) is 11.9. The van der Waals surface area contributed by atoms with Gasteiger partial charge in [0.2, 0.25) is 0 Å². The maximum atomic E-state index is 14.5. The maximum absolute atomic E-state index is 14.5. The van der Waals surface area contributed by atoms with E-state index in [1.54, 1.807) is 40.6 Å². The molecular formula is C52H46NO3OsPS2+. The Hall–Kier alpha value is -4.81. The molecule has 0 radical (unpaired) electrons. The first-order valence-corrected chi connectivity index (χ1v) is 25.0. The van der Waals surface area contributed by atoms with Gasteiger partial charge in [0.1, 0.15) is 0 Å². The van der Waals surface area contributed by atoms with E-state index in [4.69, 9.17) is 4.74 Å². The number of allylic oxidation sites excluding steroid dienone is 5. The Labute approximate surface area is 372 Å². The summed E-state index contributed by atoms with van der Waals surface area (Å²) < 4.78 is 9.99. The predicted molar refractivity (Wildman–Crippen MR) is 251 cm³/mol. The summed E-state index contributed by atoms with van der Waals surface area (Å²) in [5, 5.41) is 4.86. The van der Waals surface area contributed by atoms with Crippen molar-refractivity contribution in [2.24, 2.45) is 5.92 Å². The van der Waals surface area contributed by atoms with Gasteiger partial charge in [-0.3, -0.25) is 0 Å². The first-order chi connectivity index (χ1) is 29.3. The topological polar surface area (TPSA) is 46.6 Å². The van der Waals surface area contributed by atoms with Gasteiger partial charge in [0.15, 0.2) is 0 Å². The summed E-state index contributed by atoms with van der Waals surface area (Å²) in [5.74, 6) is -0.317. The van der Waals surface area contributed by atoms with Crippen LogP contribution in [0.25, 0.3) is 32.5 Å². The summed E-state index contributed by atoms with van der Waals surface area (Å²) in [5.41, 5.74) is 6.03.